The van der Waals surface area contributed by atoms with Gasteiger partial charge in [0.15, 0.2) is 0 Å². The van der Waals surface area contributed by atoms with Crippen molar-refractivity contribution in [3.05, 3.63) is 35.6 Å². The van der Waals surface area contributed by atoms with E-state index in [1.807, 2.05) is 0 Å². The Balaban J connectivity index is 2.46. The standard InChI is InChI=1S/C14H21FO2/c1-11(2)10-17-8-7-12(9-16)13-5-3-4-6-14(13)15/h3-6,11-12,16H,7-10H2,1-2H3. The number of ether oxygens (including phenoxy) is 1. The molecule has 0 bridgehead atoms. The molecule has 0 saturated carbocycles. The van der Waals surface area contributed by atoms with Gasteiger partial charge in [-0.15, -0.1) is 0 Å². The van der Waals surface area contributed by atoms with Crippen LogP contribution in [0.2, 0.25) is 0 Å². The summed E-state index contributed by atoms with van der Waals surface area (Å²) in [6.45, 7) is 5.37. The third-order valence-corrected chi connectivity index (χ3v) is 2.63. The summed E-state index contributed by atoms with van der Waals surface area (Å²) in [5.74, 6) is 0.0646. The predicted octanol–water partition coefficient (Wildman–Crippen LogP) is 2.96. The number of benzene rings is 1. The number of hydrogen-bond donors (Lipinski definition) is 1. The van der Waals surface area contributed by atoms with Gasteiger partial charge in [-0.2, -0.15) is 0 Å². The summed E-state index contributed by atoms with van der Waals surface area (Å²) in [7, 11) is 0. The van der Waals surface area contributed by atoms with E-state index in [-0.39, 0.29) is 18.3 Å². The number of aliphatic hydroxyl groups excluding tert-OH is 1. The van der Waals surface area contributed by atoms with Crippen molar-refractivity contribution < 1.29 is 14.2 Å². The molecule has 1 atom stereocenters. The molecule has 1 N–H and O–H groups in total. The minimum absolute atomic E-state index is 0.0496. The van der Waals surface area contributed by atoms with Crippen LogP contribution in [0.15, 0.2) is 24.3 Å². The van der Waals surface area contributed by atoms with Crippen LogP contribution in [0.5, 0.6) is 0 Å². The lowest BCUT2D eigenvalue weighted by molar-refractivity contribution is 0.0974. The lowest BCUT2D eigenvalue weighted by atomic mass is 9.96. The Hall–Kier alpha value is -0.930. The van der Waals surface area contributed by atoms with E-state index < -0.39 is 0 Å². The lowest BCUT2D eigenvalue weighted by Crippen LogP contribution is -2.11. The van der Waals surface area contributed by atoms with E-state index in [9.17, 15) is 9.50 Å². The highest BCUT2D eigenvalue weighted by atomic mass is 19.1. The van der Waals surface area contributed by atoms with Crippen molar-refractivity contribution in [2.24, 2.45) is 5.92 Å². The molecule has 0 saturated heterocycles. The van der Waals surface area contributed by atoms with Crippen molar-refractivity contribution in [3.8, 4) is 0 Å². The van der Waals surface area contributed by atoms with E-state index in [4.69, 9.17) is 4.74 Å². The molecule has 2 nitrogen and oxygen atoms in total. The molecule has 1 aromatic rings. The second-order valence-electron chi connectivity index (χ2n) is 4.66. The molecule has 0 aromatic heterocycles. The summed E-state index contributed by atoms with van der Waals surface area (Å²) >= 11 is 0. The highest BCUT2D eigenvalue weighted by Gasteiger charge is 2.14. The van der Waals surface area contributed by atoms with Crippen LogP contribution < -0.4 is 0 Å². The highest BCUT2D eigenvalue weighted by molar-refractivity contribution is 5.21. The molecule has 1 unspecified atom stereocenters. The maximum absolute atomic E-state index is 13.5. The van der Waals surface area contributed by atoms with Crippen molar-refractivity contribution in [3.63, 3.8) is 0 Å². The van der Waals surface area contributed by atoms with Crippen LogP contribution in [0.25, 0.3) is 0 Å². The summed E-state index contributed by atoms with van der Waals surface area (Å²) in [5.41, 5.74) is 0.572. The fourth-order valence-corrected chi connectivity index (χ4v) is 1.70. The molecule has 0 fully saturated rings. The van der Waals surface area contributed by atoms with Gasteiger partial charge in [0.2, 0.25) is 0 Å². The van der Waals surface area contributed by atoms with Crippen molar-refractivity contribution >= 4 is 0 Å². The smallest absolute Gasteiger partial charge is 0.126 e. The fourth-order valence-electron chi connectivity index (χ4n) is 1.70. The van der Waals surface area contributed by atoms with Gasteiger partial charge in [-0.05, 0) is 24.0 Å². The Morgan fingerprint density at radius 3 is 2.59 bits per heavy atom. The molecule has 0 amide bonds. The van der Waals surface area contributed by atoms with E-state index in [0.717, 1.165) is 0 Å². The van der Waals surface area contributed by atoms with E-state index in [1.165, 1.54) is 6.07 Å². The second kappa shape index (κ2) is 7.41. The summed E-state index contributed by atoms with van der Waals surface area (Å²) in [5, 5.41) is 9.29. The number of aliphatic hydroxyl groups is 1. The SMILES string of the molecule is CC(C)COCCC(CO)c1ccccc1F. The molecule has 1 rings (SSSR count). The molecule has 0 aliphatic carbocycles. The van der Waals surface area contributed by atoms with E-state index >= 15 is 0 Å². The van der Waals surface area contributed by atoms with Gasteiger partial charge in [0.1, 0.15) is 5.82 Å². The van der Waals surface area contributed by atoms with E-state index in [0.29, 0.717) is 31.1 Å². The zero-order valence-electron chi connectivity index (χ0n) is 10.5. The minimum Gasteiger partial charge on any atom is -0.396 e. The van der Waals surface area contributed by atoms with Gasteiger partial charge in [0.05, 0.1) is 6.61 Å². The zero-order valence-corrected chi connectivity index (χ0v) is 10.5. The Labute approximate surface area is 102 Å². The van der Waals surface area contributed by atoms with Crippen LogP contribution in [0.1, 0.15) is 31.7 Å². The summed E-state index contributed by atoms with van der Waals surface area (Å²) in [6, 6.07) is 6.59. The van der Waals surface area contributed by atoms with Gasteiger partial charge < -0.3 is 9.84 Å². The topological polar surface area (TPSA) is 29.5 Å². The van der Waals surface area contributed by atoms with Gasteiger partial charge >= 0.3 is 0 Å². The minimum atomic E-state index is -0.254. The first-order chi connectivity index (χ1) is 8.15. The Kier molecular flexibility index (Phi) is 6.16. The molecule has 96 valence electrons. The normalized spacial score (nSPS) is 13.0. The van der Waals surface area contributed by atoms with Crippen molar-refractivity contribution in [1.82, 2.24) is 0 Å². The maximum atomic E-state index is 13.5. The molecule has 0 heterocycles. The van der Waals surface area contributed by atoms with E-state index in [1.54, 1.807) is 18.2 Å². The van der Waals surface area contributed by atoms with Gasteiger partial charge in [-0.25, -0.2) is 4.39 Å². The van der Waals surface area contributed by atoms with E-state index in [2.05, 4.69) is 13.8 Å². The van der Waals surface area contributed by atoms with Crippen LogP contribution in [-0.4, -0.2) is 24.9 Å². The fraction of sp³-hybridized carbons (Fsp3) is 0.571. The summed E-state index contributed by atoms with van der Waals surface area (Å²) in [6.07, 6.45) is 0.643. The first-order valence-corrected chi connectivity index (χ1v) is 6.08. The Morgan fingerprint density at radius 2 is 2.00 bits per heavy atom. The molecule has 0 radical (unpaired) electrons. The van der Waals surface area contributed by atoms with Crippen molar-refractivity contribution in [1.29, 1.82) is 0 Å². The number of hydrogen-bond acceptors (Lipinski definition) is 2. The number of rotatable bonds is 7. The third-order valence-electron chi connectivity index (χ3n) is 2.63. The summed E-state index contributed by atoms with van der Waals surface area (Å²) in [4.78, 5) is 0. The quantitative estimate of drug-likeness (QED) is 0.742. The molecular formula is C14H21FO2. The molecule has 3 heteroatoms. The van der Waals surface area contributed by atoms with Crippen LogP contribution >= 0.6 is 0 Å². The van der Waals surface area contributed by atoms with Gasteiger partial charge in [-0.3, -0.25) is 0 Å². The largest absolute Gasteiger partial charge is 0.396 e. The van der Waals surface area contributed by atoms with Crippen LogP contribution in [0.4, 0.5) is 4.39 Å². The van der Waals surface area contributed by atoms with Crippen LogP contribution in [-0.2, 0) is 4.74 Å². The van der Waals surface area contributed by atoms with Crippen molar-refractivity contribution in [2.75, 3.05) is 19.8 Å². The average Bonchev–Trinajstić information content (AvgIpc) is 2.30. The average molecular weight is 240 g/mol. The first kappa shape index (κ1) is 14.1. The van der Waals surface area contributed by atoms with Crippen molar-refractivity contribution in [2.45, 2.75) is 26.2 Å². The molecular weight excluding hydrogens is 219 g/mol. The summed E-state index contributed by atoms with van der Waals surface area (Å²) < 4.78 is 19.0. The van der Waals surface area contributed by atoms with Gasteiger partial charge in [0.25, 0.3) is 0 Å². The monoisotopic (exact) mass is 240 g/mol. The molecule has 0 aliphatic rings. The molecule has 0 aliphatic heterocycles. The highest BCUT2D eigenvalue weighted by Crippen LogP contribution is 2.21. The molecule has 1 aromatic carbocycles. The zero-order chi connectivity index (χ0) is 12.7. The third kappa shape index (κ3) is 4.84. The molecule has 0 spiro atoms. The van der Waals surface area contributed by atoms with Gasteiger partial charge in [-0.1, -0.05) is 32.0 Å². The predicted molar refractivity (Wildman–Crippen MR) is 66.5 cm³/mol. The second-order valence-corrected chi connectivity index (χ2v) is 4.66. The first-order valence-electron chi connectivity index (χ1n) is 6.08. The number of halogens is 1. The molecule has 17 heavy (non-hydrogen) atoms. The van der Waals surface area contributed by atoms with Gasteiger partial charge in [0, 0.05) is 19.1 Å². The maximum Gasteiger partial charge on any atom is 0.126 e. The van der Waals surface area contributed by atoms with Crippen LogP contribution in [0.3, 0.4) is 0 Å². The Bertz CT molecular complexity index is 326. The van der Waals surface area contributed by atoms with Crippen LogP contribution in [0, 0.1) is 11.7 Å². The Morgan fingerprint density at radius 1 is 1.29 bits per heavy atom. The lowest BCUT2D eigenvalue weighted by Gasteiger charge is -2.16.